The first kappa shape index (κ1) is 10.4. The normalized spacial score (nSPS) is 10.2. The van der Waals surface area contributed by atoms with Crippen LogP contribution in [0.2, 0.25) is 0 Å². The van der Waals surface area contributed by atoms with Crippen molar-refractivity contribution in [1.29, 1.82) is 0 Å². The Morgan fingerprint density at radius 2 is 2.07 bits per heavy atom. The van der Waals surface area contributed by atoms with Crippen LogP contribution < -0.4 is 5.32 Å². The summed E-state index contributed by atoms with van der Waals surface area (Å²) in [4.78, 5) is 10.5. The van der Waals surface area contributed by atoms with Crippen LogP contribution in [-0.4, -0.2) is 17.4 Å². The zero-order valence-electron chi connectivity index (χ0n) is 7.21. The number of carbonyl (C=O) groups is 1. The molecule has 0 atom stereocenters. The van der Waals surface area contributed by atoms with Crippen molar-refractivity contribution in [2.45, 2.75) is 13.0 Å². The van der Waals surface area contributed by atoms with E-state index >= 15 is 0 Å². The summed E-state index contributed by atoms with van der Waals surface area (Å²) in [6.45, 7) is -0.101. The van der Waals surface area contributed by atoms with Gasteiger partial charge in [-0.05, 0) is 6.07 Å². The van der Waals surface area contributed by atoms with Crippen molar-refractivity contribution in [3.05, 3.63) is 29.8 Å². The quantitative estimate of drug-likeness (QED) is 0.773. The third-order valence-electron chi connectivity index (χ3n) is 1.64. The van der Waals surface area contributed by atoms with Crippen molar-refractivity contribution in [3.63, 3.8) is 0 Å². The number of para-hydroxylation sites is 1. The van der Waals surface area contributed by atoms with E-state index in [1.807, 2.05) is 5.32 Å². The second kappa shape index (κ2) is 4.55. The first-order valence-electron chi connectivity index (χ1n) is 3.94. The van der Waals surface area contributed by atoms with Gasteiger partial charge in [-0.2, -0.15) is 8.78 Å². The summed E-state index contributed by atoms with van der Waals surface area (Å²) in [5.41, 5.74) is 0.404. The van der Waals surface area contributed by atoms with Gasteiger partial charge in [0, 0.05) is 12.1 Å². The molecule has 0 saturated heterocycles. The number of rotatable bonds is 3. The van der Waals surface area contributed by atoms with E-state index in [0.717, 1.165) is 0 Å². The van der Waals surface area contributed by atoms with Crippen LogP contribution in [0.3, 0.4) is 0 Å². The standard InChI is InChI=1S/C9H9F2NO2/c10-8(11)9(14)12-5-6-3-1-2-4-7(6)13/h1-4,8,13H,5H2,(H,12,14). The maximum Gasteiger partial charge on any atom is 0.315 e. The maximum absolute atomic E-state index is 11.8. The summed E-state index contributed by atoms with van der Waals surface area (Å²) in [5, 5.41) is 11.2. The van der Waals surface area contributed by atoms with Gasteiger partial charge in [-0.25, -0.2) is 0 Å². The summed E-state index contributed by atoms with van der Waals surface area (Å²) in [6, 6.07) is 6.21. The van der Waals surface area contributed by atoms with E-state index in [2.05, 4.69) is 0 Å². The molecule has 0 unspecified atom stereocenters. The Hall–Kier alpha value is -1.65. The SMILES string of the molecule is O=C(NCc1ccccc1O)C(F)F. The van der Waals surface area contributed by atoms with Crippen molar-refractivity contribution in [3.8, 4) is 5.75 Å². The molecular weight excluding hydrogens is 192 g/mol. The van der Waals surface area contributed by atoms with Crippen LogP contribution in [0.1, 0.15) is 5.56 Å². The monoisotopic (exact) mass is 201 g/mol. The number of benzene rings is 1. The summed E-state index contributed by atoms with van der Waals surface area (Å²) < 4.78 is 23.5. The first-order chi connectivity index (χ1) is 6.61. The Morgan fingerprint density at radius 1 is 1.43 bits per heavy atom. The number of hydrogen-bond acceptors (Lipinski definition) is 2. The molecule has 14 heavy (non-hydrogen) atoms. The fourth-order valence-electron chi connectivity index (χ4n) is 0.920. The number of amides is 1. The fourth-order valence-corrected chi connectivity index (χ4v) is 0.920. The van der Waals surface area contributed by atoms with E-state index in [0.29, 0.717) is 5.56 Å². The molecule has 0 aliphatic heterocycles. The lowest BCUT2D eigenvalue weighted by Gasteiger charge is -2.05. The van der Waals surface area contributed by atoms with Crippen LogP contribution in [0.15, 0.2) is 24.3 Å². The molecule has 0 spiro atoms. The molecule has 2 N–H and O–H groups in total. The second-order valence-corrected chi connectivity index (χ2v) is 2.65. The van der Waals surface area contributed by atoms with Gasteiger partial charge in [-0.3, -0.25) is 4.79 Å². The highest BCUT2D eigenvalue weighted by atomic mass is 19.3. The zero-order valence-corrected chi connectivity index (χ0v) is 7.21. The van der Waals surface area contributed by atoms with Gasteiger partial charge >= 0.3 is 6.43 Å². The van der Waals surface area contributed by atoms with Crippen LogP contribution in [0, 0.1) is 0 Å². The maximum atomic E-state index is 11.8. The molecule has 3 nitrogen and oxygen atoms in total. The van der Waals surface area contributed by atoms with Crippen LogP contribution >= 0.6 is 0 Å². The van der Waals surface area contributed by atoms with Crippen LogP contribution in [-0.2, 0) is 11.3 Å². The lowest BCUT2D eigenvalue weighted by molar-refractivity contribution is -0.131. The van der Waals surface area contributed by atoms with Gasteiger partial charge in [0.1, 0.15) is 5.75 Å². The van der Waals surface area contributed by atoms with Gasteiger partial charge in [0.15, 0.2) is 0 Å². The molecule has 0 heterocycles. The Kier molecular flexibility index (Phi) is 3.39. The summed E-state index contributed by atoms with van der Waals surface area (Å²) in [5.74, 6) is -1.37. The van der Waals surface area contributed by atoms with Gasteiger partial charge in [-0.1, -0.05) is 18.2 Å². The molecule has 76 valence electrons. The summed E-state index contributed by atoms with van der Waals surface area (Å²) >= 11 is 0. The number of phenolic OH excluding ortho intramolecular Hbond substituents is 1. The Balaban J connectivity index is 2.54. The number of carbonyl (C=O) groups excluding carboxylic acids is 1. The van der Waals surface area contributed by atoms with Gasteiger partial charge in [-0.15, -0.1) is 0 Å². The predicted octanol–water partition coefficient (Wildman–Crippen LogP) is 1.27. The third-order valence-corrected chi connectivity index (χ3v) is 1.64. The Bertz CT molecular complexity index is 328. The van der Waals surface area contributed by atoms with Crippen LogP contribution in [0.4, 0.5) is 8.78 Å². The highest BCUT2D eigenvalue weighted by Crippen LogP contribution is 2.14. The van der Waals surface area contributed by atoms with Gasteiger partial charge in [0.2, 0.25) is 0 Å². The molecule has 1 amide bonds. The van der Waals surface area contributed by atoms with Crippen LogP contribution in [0.25, 0.3) is 0 Å². The van der Waals surface area contributed by atoms with Crippen molar-refractivity contribution >= 4 is 5.91 Å². The van der Waals surface area contributed by atoms with Gasteiger partial charge < -0.3 is 10.4 Å². The number of aromatic hydroxyl groups is 1. The number of halogens is 2. The minimum absolute atomic E-state index is 0.0259. The average Bonchev–Trinajstić information content (AvgIpc) is 2.16. The molecule has 5 heteroatoms. The van der Waals surface area contributed by atoms with Crippen molar-refractivity contribution in [2.75, 3.05) is 0 Å². The average molecular weight is 201 g/mol. The number of phenols is 1. The van der Waals surface area contributed by atoms with Gasteiger partial charge in [0.05, 0.1) is 0 Å². The molecule has 0 saturated carbocycles. The number of hydrogen-bond donors (Lipinski definition) is 2. The molecule has 0 fully saturated rings. The lowest BCUT2D eigenvalue weighted by atomic mass is 10.2. The highest BCUT2D eigenvalue weighted by molar-refractivity contribution is 5.79. The molecule has 0 radical (unpaired) electrons. The molecule has 0 aliphatic rings. The fraction of sp³-hybridized carbons (Fsp3) is 0.222. The lowest BCUT2D eigenvalue weighted by Crippen LogP contribution is -2.28. The molecule has 1 rings (SSSR count). The minimum atomic E-state index is -3.03. The smallest absolute Gasteiger partial charge is 0.315 e. The molecular formula is C9H9F2NO2. The molecule has 0 aliphatic carbocycles. The van der Waals surface area contributed by atoms with E-state index < -0.39 is 12.3 Å². The summed E-state index contributed by atoms with van der Waals surface area (Å²) in [6.07, 6.45) is -3.03. The molecule has 0 bridgehead atoms. The molecule has 0 aromatic heterocycles. The van der Waals surface area contributed by atoms with E-state index in [9.17, 15) is 18.7 Å². The predicted molar refractivity (Wildman–Crippen MR) is 46.0 cm³/mol. The number of nitrogens with one attached hydrogen (secondary N) is 1. The van der Waals surface area contributed by atoms with Crippen molar-refractivity contribution in [2.24, 2.45) is 0 Å². The van der Waals surface area contributed by atoms with Crippen molar-refractivity contribution in [1.82, 2.24) is 5.32 Å². The third kappa shape index (κ3) is 2.69. The highest BCUT2D eigenvalue weighted by Gasteiger charge is 2.14. The first-order valence-corrected chi connectivity index (χ1v) is 3.94. The Morgan fingerprint density at radius 3 is 2.64 bits per heavy atom. The second-order valence-electron chi connectivity index (χ2n) is 2.65. The van der Waals surface area contributed by atoms with E-state index in [-0.39, 0.29) is 12.3 Å². The zero-order chi connectivity index (χ0) is 10.6. The van der Waals surface area contributed by atoms with Crippen molar-refractivity contribution < 1.29 is 18.7 Å². The van der Waals surface area contributed by atoms with Crippen LogP contribution in [0.5, 0.6) is 5.75 Å². The summed E-state index contributed by atoms with van der Waals surface area (Å²) in [7, 11) is 0. The number of alkyl halides is 2. The topological polar surface area (TPSA) is 49.3 Å². The Labute approximate surface area is 79.4 Å². The van der Waals surface area contributed by atoms with E-state index in [1.54, 1.807) is 18.2 Å². The molecule has 1 aromatic carbocycles. The molecule has 1 aromatic rings. The van der Waals surface area contributed by atoms with Gasteiger partial charge in [0.25, 0.3) is 5.91 Å². The minimum Gasteiger partial charge on any atom is -0.508 e. The van der Waals surface area contributed by atoms with E-state index in [4.69, 9.17) is 0 Å². The largest absolute Gasteiger partial charge is 0.508 e. The van der Waals surface area contributed by atoms with E-state index in [1.165, 1.54) is 6.07 Å².